The summed E-state index contributed by atoms with van der Waals surface area (Å²) in [6.45, 7) is 1.43. The molecule has 13 heteroatoms. The van der Waals surface area contributed by atoms with Crippen molar-refractivity contribution < 1.29 is 38.2 Å². The number of amides is 4. The van der Waals surface area contributed by atoms with Crippen LogP contribution >= 0.6 is 34.2 Å². The Morgan fingerprint density at radius 1 is 0.944 bits per heavy atom. The fourth-order valence-electron chi connectivity index (χ4n) is 9.05. The Bertz CT molecular complexity index is 2300. The number of carbonyl (C=O) groups excluding carboxylic acids is 5. The number of methoxy groups -OCH3 is 1. The number of phenolic OH excluding ortho intramolecular Hbond substituents is 1. The normalized spacial score (nSPS) is 25.9. The van der Waals surface area contributed by atoms with Gasteiger partial charge in [0.2, 0.25) is 11.8 Å². The van der Waals surface area contributed by atoms with Crippen molar-refractivity contribution in [2.24, 2.45) is 23.7 Å². The first-order valence-electron chi connectivity index (χ1n) is 17.3. The second kappa shape index (κ2) is 13.3. The lowest BCUT2D eigenvalue weighted by molar-refractivity contribution is -0.138. The van der Waals surface area contributed by atoms with Crippen LogP contribution in [0.5, 0.6) is 11.5 Å². The van der Waals surface area contributed by atoms with E-state index in [4.69, 9.17) is 16.3 Å². The van der Waals surface area contributed by atoms with Crippen LogP contribution in [0.15, 0.2) is 96.6 Å². The van der Waals surface area contributed by atoms with Crippen LogP contribution in [-0.4, -0.2) is 46.6 Å². The monoisotopic (exact) mass is 859 g/mol. The maximum absolute atomic E-state index is 15.3. The van der Waals surface area contributed by atoms with E-state index in [9.17, 15) is 28.7 Å². The van der Waals surface area contributed by atoms with Crippen molar-refractivity contribution in [1.82, 2.24) is 5.01 Å². The highest BCUT2D eigenvalue weighted by molar-refractivity contribution is 14.1. The van der Waals surface area contributed by atoms with E-state index in [0.29, 0.717) is 42.2 Å². The van der Waals surface area contributed by atoms with E-state index in [1.54, 1.807) is 60.7 Å². The highest BCUT2D eigenvalue weighted by Crippen LogP contribution is 2.64. The number of aromatic hydroxyl groups is 1. The van der Waals surface area contributed by atoms with Gasteiger partial charge in [-0.15, -0.1) is 0 Å². The Hall–Kier alpha value is -5.08. The minimum absolute atomic E-state index is 0.0563. The number of halogens is 3. The van der Waals surface area contributed by atoms with Gasteiger partial charge >= 0.3 is 0 Å². The number of ether oxygens (including phenoxy) is 1. The molecular formula is C41H32ClFIN3O7. The van der Waals surface area contributed by atoms with Gasteiger partial charge in [-0.1, -0.05) is 35.4 Å². The average molecular weight is 860 g/mol. The van der Waals surface area contributed by atoms with Crippen LogP contribution in [0.2, 0.25) is 5.02 Å². The Labute approximate surface area is 328 Å². The molecule has 2 aliphatic heterocycles. The molecule has 10 nitrogen and oxygen atoms in total. The molecule has 0 radical (unpaired) electrons. The molecule has 54 heavy (non-hydrogen) atoms. The number of imide groups is 2. The number of hydrogen-bond acceptors (Lipinski definition) is 8. The summed E-state index contributed by atoms with van der Waals surface area (Å²) in [5.74, 6) is -6.66. The van der Waals surface area contributed by atoms with Gasteiger partial charge in [0.15, 0.2) is 17.3 Å². The molecule has 2 aliphatic carbocycles. The molecule has 4 aliphatic rings. The zero-order valence-electron chi connectivity index (χ0n) is 28.9. The average Bonchev–Trinajstić information content (AvgIpc) is 3.54. The number of nitrogens with one attached hydrogen (secondary N) is 1. The minimum Gasteiger partial charge on any atom is -0.504 e. The molecule has 4 amide bonds. The summed E-state index contributed by atoms with van der Waals surface area (Å²) in [6, 6.07) is 21.7. The first kappa shape index (κ1) is 35.9. The quantitative estimate of drug-likeness (QED) is 0.0865. The molecule has 2 heterocycles. The van der Waals surface area contributed by atoms with Crippen LogP contribution in [0.25, 0.3) is 0 Å². The van der Waals surface area contributed by atoms with E-state index in [1.165, 1.54) is 43.2 Å². The smallest absolute Gasteiger partial charge is 0.260 e. The van der Waals surface area contributed by atoms with Gasteiger partial charge in [-0.3, -0.25) is 34.3 Å². The number of Topliss-reactive ketones (excluding diaryl/α,β-unsaturated/α-hetero) is 1. The molecule has 0 spiro atoms. The maximum Gasteiger partial charge on any atom is 0.260 e. The van der Waals surface area contributed by atoms with E-state index < -0.39 is 58.5 Å². The maximum atomic E-state index is 15.3. The van der Waals surface area contributed by atoms with E-state index in [1.807, 2.05) is 28.7 Å². The topological polar surface area (TPSA) is 133 Å². The summed E-state index contributed by atoms with van der Waals surface area (Å²) in [6.07, 6.45) is 2.19. The van der Waals surface area contributed by atoms with Gasteiger partial charge in [0.25, 0.3) is 11.8 Å². The standard InChI is InChI=1S/C41H32ClFIN3O7/c1-20(48)21-3-13-27(14-4-21)46-37(50)29-16-15-28-30(34(29)39(46)52)19-31-38(51)47(45-26-11-9-25(43)10-12-26)40(53)41(31,23-5-7-24(42)8-6-23)35(28)22-17-32(44)36(49)33(18-22)54-2/h3-15,17-18,29-31,34-35,45,49H,16,19H2,1-2H3/t29-,30+,31-,34-,35-,41+/m0/s1. The van der Waals surface area contributed by atoms with Gasteiger partial charge in [0.05, 0.1) is 45.2 Å². The Balaban J connectivity index is 1.32. The van der Waals surface area contributed by atoms with Crippen molar-refractivity contribution in [3.8, 4) is 11.5 Å². The number of allylic oxidation sites excluding steroid dienone is 2. The molecular weight excluding hydrogens is 828 g/mol. The van der Waals surface area contributed by atoms with E-state index >= 15 is 4.79 Å². The van der Waals surface area contributed by atoms with Crippen molar-refractivity contribution in [1.29, 1.82) is 0 Å². The third-order valence-corrected chi connectivity index (χ3v) is 12.5. The lowest BCUT2D eigenvalue weighted by Crippen LogP contribution is -2.53. The van der Waals surface area contributed by atoms with Gasteiger partial charge in [-0.2, -0.15) is 5.01 Å². The Morgan fingerprint density at radius 2 is 1.63 bits per heavy atom. The summed E-state index contributed by atoms with van der Waals surface area (Å²) in [7, 11) is 1.42. The molecule has 4 aromatic carbocycles. The van der Waals surface area contributed by atoms with Crippen LogP contribution in [0, 0.1) is 33.1 Å². The summed E-state index contributed by atoms with van der Waals surface area (Å²) in [5.41, 5.74) is 4.20. The molecule has 274 valence electrons. The minimum atomic E-state index is -1.59. The lowest BCUT2D eigenvalue weighted by atomic mass is 9.49. The molecule has 8 rings (SSSR count). The van der Waals surface area contributed by atoms with Crippen LogP contribution in [0.4, 0.5) is 15.8 Å². The Morgan fingerprint density at radius 3 is 2.28 bits per heavy atom. The molecule has 0 unspecified atom stereocenters. The van der Waals surface area contributed by atoms with Crippen LogP contribution < -0.4 is 15.1 Å². The molecule has 3 fully saturated rings. The molecule has 0 bridgehead atoms. The van der Waals surface area contributed by atoms with Gasteiger partial charge in [-0.25, -0.2) is 4.39 Å². The number of phenols is 1. The highest BCUT2D eigenvalue weighted by Gasteiger charge is 2.70. The molecule has 0 aromatic heterocycles. The highest BCUT2D eigenvalue weighted by atomic mass is 127. The fourth-order valence-corrected chi connectivity index (χ4v) is 9.80. The fraction of sp³-hybridized carbons (Fsp3) is 0.244. The van der Waals surface area contributed by atoms with Crippen molar-refractivity contribution in [3.63, 3.8) is 0 Å². The number of carbonyl (C=O) groups is 5. The van der Waals surface area contributed by atoms with Crippen LogP contribution in [0.1, 0.15) is 47.2 Å². The molecule has 1 saturated carbocycles. The van der Waals surface area contributed by atoms with E-state index in [2.05, 4.69) is 5.43 Å². The van der Waals surface area contributed by atoms with Gasteiger partial charge in [0, 0.05) is 16.5 Å². The van der Waals surface area contributed by atoms with Crippen molar-refractivity contribution in [2.45, 2.75) is 31.1 Å². The van der Waals surface area contributed by atoms with Gasteiger partial charge in [0.1, 0.15) is 5.82 Å². The summed E-state index contributed by atoms with van der Waals surface area (Å²) in [4.78, 5) is 71.9. The van der Waals surface area contributed by atoms with Crippen LogP contribution in [-0.2, 0) is 24.6 Å². The largest absolute Gasteiger partial charge is 0.504 e. The lowest BCUT2D eigenvalue weighted by Gasteiger charge is -2.50. The molecule has 2 N–H and O–H groups in total. The van der Waals surface area contributed by atoms with Crippen molar-refractivity contribution in [2.75, 3.05) is 17.4 Å². The number of fused-ring (bicyclic) bond motifs is 4. The van der Waals surface area contributed by atoms with Crippen molar-refractivity contribution in [3.05, 3.63) is 128 Å². The summed E-state index contributed by atoms with van der Waals surface area (Å²) >= 11 is 8.36. The van der Waals surface area contributed by atoms with Gasteiger partial charge in [-0.05, 0) is 132 Å². The number of benzene rings is 4. The SMILES string of the molecule is COc1cc([C@H]2C3=CC[C@@H]4C(=O)N(c5ccc(C(C)=O)cc5)C(=O)[C@@H]4[C@@H]3C[C@H]3C(=O)N(Nc4ccc(F)cc4)C(=O)[C@@]23c2ccc(Cl)cc2)cc(I)c1O. The van der Waals surface area contributed by atoms with Gasteiger partial charge < -0.3 is 9.84 Å². The first-order valence-corrected chi connectivity index (χ1v) is 18.7. The predicted molar refractivity (Wildman–Crippen MR) is 205 cm³/mol. The van der Waals surface area contributed by atoms with Crippen LogP contribution in [0.3, 0.4) is 0 Å². The first-order chi connectivity index (χ1) is 25.9. The van der Waals surface area contributed by atoms with E-state index in [-0.39, 0.29) is 36.0 Å². The second-order valence-corrected chi connectivity index (χ2v) is 15.6. The molecule has 4 aromatic rings. The number of hydrazine groups is 1. The number of hydrogen-bond donors (Lipinski definition) is 2. The number of nitrogens with zero attached hydrogens (tertiary/aromatic N) is 2. The predicted octanol–water partition coefficient (Wildman–Crippen LogP) is 7.19. The summed E-state index contributed by atoms with van der Waals surface area (Å²) in [5, 5.41) is 12.3. The Kier molecular flexibility index (Phi) is 8.88. The number of ketones is 1. The second-order valence-electron chi connectivity index (χ2n) is 14.0. The third-order valence-electron chi connectivity index (χ3n) is 11.4. The summed E-state index contributed by atoms with van der Waals surface area (Å²) < 4.78 is 19.9. The number of anilines is 2. The zero-order chi connectivity index (χ0) is 38.2. The molecule has 6 atom stereocenters. The van der Waals surface area contributed by atoms with E-state index in [0.717, 1.165) is 5.01 Å². The zero-order valence-corrected chi connectivity index (χ0v) is 31.8. The molecule has 2 saturated heterocycles. The van der Waals surface area contributed by atoms with Crippen molar-refractivity contribution >= 4 is 75.0 Å². The number of rotatable bonds is 7. The third kappa shape index (κ3) is 5.36.